The summed E-state index contributed by atoms with van der Waals surface area (Å²) in [6, 6.07) is 10.8. The summed E-state index contributed by atoms with van der Waals surface area (Å²) >= 11 is 5.94. The summed E-state index contributed by atoms with van der Waals surface area (Å²) in [5, 5.41) is 0.138. The van der Waals surface area contributed by atoms with Crippen LogP contribution in [0.25, 0.3) is 0 Å². The molecule has 0 N–H and O–H groups in total. The number of hydrogen-bond donors (Lipinski definition) is 0. The van der Waals surface area contributed by atoms with E-state index in [4.69, 9.17) is 16.3 Å². The van der Waals surface area contributed by atoms with E-state index in [2.05, 4.69) is 0 Å². The Kier molecular flexibility index (Phi) is 4.34. The van der Waals surface area contributed by atoms with Crippen LogP contribution in [0.3, 0.4) is 0 Å². The predicted octanol–water partition coefficient (Wildman–Crippen LogP) is 3.27. The highest BCUT2D eigenvalue weighted by atomic mass is 35.5. The first-order valence-corrected chi connectivity index (χ1v) is 8.33. The monoisotopic (exact) mass is 324 g/mol. The van der Waals surface area contributed by atoms with Crippen LogP contribution in [-0.2, 0) is 9.84 Å². The number of halogens is 1. The molecule has 2 aromatic carbocycles. The van der Waals surface area contributed by atoms with Gasteiger partial charge >= 0.3 is 5.97 Å². The minimum absolute atomic E-state index is 0.0140. The maximum Gasteiger partial charge on any atom is 0.345 e. The maximum atomic E-state index is 12.1. The van der Waals surface area contributed by atoms with Gasteiger partial charge in [0.25, 0.3) is 0 Å². The van der Waals surface area contributed by atoms with Gasteiger partial charge in [0.15, 0.2) is 9.84 Å². The van der Waals surface area contributed by atoms with Crippen LogP contribution in [0.4, 0.5) is 0 Å². The van der Waals surface area contributed by atoms with Gasteiger partial charge in [-0.3, -0.25) is 0 Å². The van der Waals surface area contributed by atoms with E-state index >= 15 is 0 Å². The van der Waals surface area contributed by atoms with Crippen LogP contribution in [0.5, 0.6) is 5.75 Å². The molecule has 0 aromatic heterocycles. The molecule has 0 fully saturated rings. The van der Waals surface area contributed by atoms with Crippen molar-refractivity contribution in [2.45, 2.75) is 11.8 Å². The number of carbonyl (C=O) groups excluding carboxylic acids is 1. The lowest BCUT2D eigenvalue weighted by molar-refractivity contribution is 0.0734. The molecule has 0 bridgehead atoms. The Morgan fingerprint density at radius 1 is 1.10 bits per heavy atom. The first kappa shape index (κ1) is 15.5. The number of ether oxygens (including phenoxy) is 1. The van der Waals surface area contributed by atoms with E-state index < -0.39 is 15.8 Å². The molecule has 110 valence electrons. The lowest BCUT2D eigenvalue weighted by Crippen LogP contribution is -2.10. The summed E-state index contributed by atoms with van der Waals surface area (Å²) in [4.78, 5) is 12.1. The van der Waals surface area contributed by atoms with Crippen molar-refractivity contribution in [3.63, 3.8) is 0 Å². The van der Waals surface area contributed by atoms with Gasteiger partial charge in [0, 0.05) is 6.26 Å². The van der Waals surface area contributed by atoms with Crippen molar-refractivity contribution in [2.75, 3.05) is 6.26 Å². The van der Waals surface area contributed by atoms with Gasteiger partial charge in [-0.15, -0.1) is 0 Å². The van der Waals surface area contributed by atoms with E-state index in [1.807, 2.05) is 6.92 Å². The number of carbonyl (C=O) groups is 1. The van der Waals surface area contributed by atoms with E-state index in [0.717, 1.165) is 11.8 Å². The molecule has 0 aliphatic rings. The third-order valence-corrected chi connectivity index (χ3v) is 4.26. The second-order valence-corrected chi connectivity index (χ2v) is 7.04. The Balaban J connectivity index is 2.32. The molecular formula is C15H13ClO4S. The zero-order chi connectivity index (χ0) is 15.6. The van der Waals surface area contributed by atoms with Gasteiger partial charge < -0.3 is 4.74 Å². The number of rotatable bonds is 3. The lowest BCUT2D eigenvalue weighted by Gasteiger charge is -2.07. The van der Waals surface area contributed by atoms with E-state index in [0.29, 0.717) is 5.75 Å². The summed E-state index contributed by atoms with van der Waals surface area (Å²) in [7, 11) is -3.42. The van der Waals surface area contributed by atoms with Gasteiger partial charge in [-0.25, -0.2) is 13.2 Å². The van der Waals surface area contributed by atoms with Crippen molar-refractivity contribution >= 4 is 27.4 Å². The minimum Gasteiger partial charge on any atom is -0.423 e. The molecule has 0 aliphatic heterocycles. The molecule has 0 radical (unpaired) electrons. The average molecular weight is 325 g/mol. The van der Waals surface area contributed by atoms with Gasteiger partial charge in [0.05, 0.1) is 15.5 Å². The molecule has 0 atom stereocenters. The number of esters is 1. The molecule has 0 amide bonds. The molecule has 0 saturated carbocycles. The Hall–Kier alpha value is -1.85. The number of sulfone groups is 1. The third kappa shape index (κ3) is 3.83. The van der Waals surface area contributed by atoms with E-state index in [9.17, 15) is 13.2 Å². The summed E-state index contributed by atoms with van der Waals surface area (Å²) in [5.41, 5.74) is 1.05. The Bertz CT molecular complexity index is 780. The largest absolute Gasteiger partial charge is 0.423 e. The van der Waals surface area contributed by atoms with Crippen molar-refractivity contribution in [1.29, 1.82) is 0 Å². The fourth-order valence-corrected chi connectivity index (χ4v) is 2.50. The van der Waals surface area contributed by atoms with Crippen LogP contribution in [-0.4, -0.2) is 20.6 Å². The van der Waals surface area contributed by atoms with Crippen LogP contribution in [0.15, 0.2) is 47.4 Å². The van der Waals surface area contributed by atoms with Crippen LogP contribution in [0.2, 0.25) is 5.02 Å². The average Bonchev–Trinajstić information content (AvgIpc) is 2.40. The molecule has 0 aliphatic carbocycles. The normalized spacial score (nSPS) is 11.2. The van der Waals surface area contributed by atoms with Crippen molar-refractivity contribution < 1.29 is 17.9 Å². The van der Waals surface area contributed by atoms with Crippen LogP contribution < -0.4 is 4.74 Å². The molecule has 2 aromatic rings. The van der Waals surface area contributed by atoms with Gasteiger partial charge in [-0.05, 0) is 37.3 Å². The summed E-state index contributed by atoms with van der Waals surface area (Å²) in [6.45, 7) is 1.91. The van der Waals surface area contributed by atoms with Crippen molar-refractivity contribution in [3.8, 4) is 5.75 Å². The standard InChI is InChI=1S/C15H13ClO4S/c1-10-3-5-11(6-4-10)20-15(17)13-9-12(21(2,18)19)7-8-14(13)16/h3-9H,1-2H3. The number of benzene rings is 2. The highest BCUT2D eigenvalue weighted by Gasteiger charge is 2.17. The molecule has 6 heteroatoms. The molecule has 0 unspecified atom stereocenters. The van der Waals surface area contributed by atoms with E-state index in [1.54, 1.807) is 24.3 Å². The number of hydrogen-bond acceptors (Lipinski definition) is 4. The van der Waals surface area contributed by atoms with Gasteiger partial charge in [0.2, 0.25) is 0 Å². The maximum absolute atomic E-state index is 12.1. The van der Waals surface area contributed by atoms with Gasteiger partial charge in [-0.2, -0.15) is 0 Å². The highest BCUT2D eigenvalue weighted by molar-refractivity contribution is 7.90. The molecule has 0 saturated heterocycles. The smallest absolute Gasteiger partial charge is 0.345 e. The number of aryl methyl sites for hydroxylation is 1. The third-order valence-electron chi connectivity index (χ3n) is 2.82. The van der Waals surface area contributed by atoms with Crippen molar-refractivity contribution in [2.24, 2.45) is 0 Å². The molecule has 21 heavy (non-hydrogen) atoms. The summed E-state index contributed by atoms with van der Waals surface area (Å²) < 4.78 is 28.2. The minimum atomic E-state index is -3.42. The zero-order valence-corrected chi connectivity index (χ0v) is 13.0. The SMILES string of the molecule is Cc1ccc(OC(=O)c2cc(S(C)(=O)=O)ccc2Cl)cc1. The summed E-state index contributed by atoms with van der Waals surface area (Å²) in [5.74, 6) is -0.333. The Morgan fingerprint density at radius 3 is 2.29 bits per heavy atom. The predicted molar refractivity (Wildman–Crippen MR) is 80.7 cm³/mol. The topological polar surface area (TPSA) is 60.4 Å². The second kappa shape index (κ2) is 5.87. The van der Waals surface area contributed by atoms with E-state index in [1.165, 1.54) is 18.2 Å². The summed E-state index contributed by atoms with van der Waals surface area (Å²) in [6.07, 6.45) is 1.06. The van der Waals surface area contributed by atoms with Gasteiger partial charge in [0.1, 0.15) is 5.75 Å². The van der Waals surface area contributed by atoms with Crippen LogP contribution >= 0.6 is 11.6 Å². The molecule has 0 heterocycles. The Labute approximate surface area is 128 Å². The van der Waals surface area contributed by atoms with Gasteiger partial charge in [-0.1, -0.05) is 29.3 Å². The molecular weight excluding hydrogens is 312 g/mol. The molecule has 2 rings (SSSR count). The fraction of sp³-hybridized carbons (Fsp3) is 0.133. The quantitative estimate of drug-likeness (QED) is 0.642. The van der Waals surface area contributed by atoms with Crippen LogP contribution in [0, 0.1) is 6.92 Å². The molecule has 0 spiro atoms. The highest BCUT2D eigenvalue weighted by Crippen LogP contribution is 2.22. The first-order valence-electron chi connectivity index (χ1n) is 6.06. The van der Waals surface area contributed by atoms with Crippen molar-refractivity contribution in [1.82, 2.24) is 0 Å². The van der Waals surface area contributed by atoms with Crippen molar-refractivity contribution in [3.05, 3.63) is 58.6 Å². The molecule has 4 nitrogen and oxygen atoms in total. The zero-order valence-electron chi connectivity index (χ0n) is 11.5. The van der Waals surface area contributed by atoms with E-state index in [-0.39, 0.29) is 15.5 Å². The Morgan fingerprint density at radius 2 is 1.71 bits per heavy atom. The lowest BCUT2D eigenvalue weighted by atomic mass is 10.2. The first-order chi connectivity index (χ1) is 9.77. The second-order valence-electron chi connectivity index (χ2n) is 4.62. The van der Waals surface area contributed by atoms with Crippen LogP contribution in [0.1, 0.15) is 15.9 Å². The fourth-order valence-electron chi connectivity index (χ4n) is 1.66.